The maximum absolute atomic E-state index is 11.9. The van der Waals surface area contributed by atoms with Crippen LogP contribution in [0.4, 0.5) is 0 Å². The van der Waals surface area contributed by atoms with Gasteiger partial charge in [-0.2, -0.15) is 4.31 Å². The fraction of sp³-hybridized carbons (Fsp3) is 0.444. The van der Waals surface area contributed by atoms with E-state index in [4.69, 9.17) is 5.73 Å². The largest absolute Gasteiger partial charge is 0.369 e. The van der Waals surface area contributed by atoms with Crippen LogP contribution in [0.5, 0.6) is 0 Å². The van der Waals surface area contributed by atoms with Gasteiger partial charge in [0.2, 0.25) is 5.91 Å². The van der Waals surface area contributed by atoms with Crippen molar-refractivity contribution in [1.29, 1.82) is 0 Å². The highest BCUT2D eigenvalue weighted by Crippen LogP contribution is 2.24. The van der Waals surface area contributed by atoms with Crippen molar-refractivity contribution in [2.45, 2.75) is 17.6 Å². The molecule has 0 unspecified atom stereocenters. The van der Waals surface area contributed by atoms with Gasteiger partial charge in [-0.05, 0) is 18.6 Å². The van der Waals surface area contributed by atoms with E-state index in [2.05, 4.69) is 0 Å². The molecule has 1 rings (SSSR count). The first-order valence-electron chi connectivity index (χ1n) is 4.71. The fourth-order valence-corrected chi connectivity index (χ4v) is 3.79. The van der Waals surface area contributed by atoms with E-state index in [0.717, 1.165) is 15.6 Å². The lowest BCUT2D eigenvalue weighted by Gasteiger charge is -2.13. The number of sulfonamides is 1. The number of amides is 1. The summed E-state index contributed by atoms with van der Waals surface area (Å²) in [4.78, 5) is 11.7. The number of aryl methyl sites for hydroxylation is 1. The van der Waals surface area contributed by atoms with E-state index in [1.165, 1.54) is 18.4 Å². The monoisotopic (exact) mass is 262 g/mol. The van der Waals surface area contributed by atoms with Gasteiger partial charge in [0.05, 0.1) is 6.54 Å². The summed E-state index contributed by atoms with van der Waals surface area (Å²) in [6.07, 6.45) is 0.791. The molecule has 2 N–H and O–H groups in total. The van der Waals surface area contributed by atoms with Crippen LogP contribution in [-0.4, -0.2) is 32.2 Å². The summed E-state index contributed by atoms with van der Waals surface area (Å²) in [6.45, 7) is 1.65. The van der Waals surface area contributed by atoms with Gasteiger partial charge < -0.3 is 5.73 Å². The first-order chi connectivity index (χ1) is 7.37. The Labute approximate surface area is 98.9 Å². The molecular weight excluding hydrogens is 248 g/mol. The van der Waals surface area contributed by atoms with Crippen LogP contribution in [0.25, 0.3) is 0 Å². The van der Waals surface area contributed by atoms with Gasteiger partial charge in [0.15, 0.2) is 0 Å². The van der Waals surface area contributed by atoms with Crippen LogP contribution in [0.3, 0.4) is 0 Å². The number of likely N-dealkylation sites (N-methyl/N-ethyl adjacent to an activating group) is 1. The van der Waals surface area contributed by atoms with Gasteiger partial charge in [0, 0.05) is 11.9 Å². The molecule has 5 nitrogen and oxygen atoms in total. The Morgan fingerprint density at radius 3 is 2.56 bits per heavy atom. The van der Waals surface area contributed by atoms with Crippen LogP contribution in [0.2, 0.25) is 0 Å². The first kappa shape index (κ1) is 13.1. The number of hydrogen-bond acceptors (Lipinski definition) is 4. The normalized spacial score (nSPS) is 11.9. The second-order valence-electron chi connectivity index (χ2n) is 3.30. The molecule has 90 valence electrons. The van der Waals surface area contributed by atoms with Crippen molar-refractivity contribution in [3.05, 3.63) is 17.0 Å². The zero-order valence-electron chi connectivity index (χ0n) is 9.13. The highest BCUT2D eigenvalue weighted by Gasteiger charge is 2.23. The van der Waals surface area contributed by atoms with Crippen molar-refractivity contribution in [2.75, 3.05) is 13.6 Å². The van der Waals surface area contributed by atoms with E-state index in [1.54, 1.807) is 12.1 Å². The van der Waals surface area contributed by atoms with Crippen molar-refractivity contribution in [1.82, 2.24) is 4.31 Å². The van der Waals surface area contributed by atoms with E-state index in [-0.39, 0.29) is 10.8 Å². The second kappa shape index (κ2) is 4.94. The average Bonchev–Trinajstić information content (AvgIpc) is 2.65. The molecule has 0 aliphatic carbocycles. The summed E-state index contributed by atoms with van der Waals surface area (Å²) in [7, 11) is -2.23. The third kappa shape index (κ3) is 2.81. The summed E-state index contributed by atoms with van der Waals surface area (Å²) < 4.78 is 25.1. The molecule has 0 aliphatic rings. The molecule has 0 spiro atoms. The van der Waals surface area contributed by atoms with Gasteiger partial charge in [-0.3, -0.25) is 4.79 Å². The Kier molecular flexibility index (Phi) is 4.06. The van der Waals surface area contributed by atoms with Crippen molar-refractivity contribution in [3.8, 4) is 0 Å². The molecule has 16 heavy (non-hydrogen) atoms. The van der Waals surface area contributed by atoms with Crippen molar-refractivity contribution >= 4 is 27.3 Å². The molecule has 0 bridgehead atoms. The van der Waals surface area contributed by atoms with Gasteiger partial charge >= 0.3 is 0 Å². The smallest absolute Gasteiger partial charge is 0.252 e. The molecule has 0 radical (unpaired) electrons. The van der Waals surface area contributed by atoms with Crippen molar-refractivity contribution in [2.24, 2.45) is 5.73 Å². The zero-order valence-corrected chi connectivity index (χ0v) is 10.8. The molecule has 1 heterocycles. The number of nitrogens with zero attached hydrogens (tertiary/aromatic N) is 1. The molecule has 1 aromatic heterocycles. The summed E-state index contributed by atoms with van der Waals surface area (Å²) >= 11 is 1.21. The van der Waals surface area contributed by atoms with Gasteiger partial charge in [0.25, 0.3) is 10.0 Å². The number of carbonyl (C=O) groups excluding carboxylic acids is 1. The molecule has 1 aromatic rings. The number of carbonyl (C=O) groups is 1. The van der Waals surface area contributed by atoms with Crippen LogP contribution in [0.1, 0.15) is 11.8 Å². The minimum Gasteiger partial charge on any atom is -0.369 e. The molecule has 0 aromatic carbocycles. The molecular formula is C9H14N2O3S2. The second-order valence-corrected chi connectivity index (χ2v) is 6.74. The fourth-order valence-electron chi connectivity index (χ4n) is 1.14. The summed E-state index contributed by atoms with van der Waals surface area (Å²) in [6, 6.07) is 3.33. The third-order valence-electron chi connectivity index (χ3n) is 2.03. The van der Waals surface area contributed by atoms with Crippen LogP contribution in [0.15, 0.2) is 16.3 Å². The Morgan fingerprint density at radius 2 is 2.12 bits per heavy atom. The number of thiophene rings is 1. The lowest BCUT2D eigenvalue weighted by Crippen LogP contribution is -2.34. The third-order valence-corrected chi connectivity index (χ3v) is 5.53. The Hall–Kier alpha value is -0.920. The zero-order chi connectivity index (χ0) is 12.3. The predicted molar refractivity (Wildman–Crippen MR) is 62.7 cm³/mol. The van der Waals surface area contributed by atoms with Gasteiger partial charge in [-0.15, -0.1) is 11.3 Å². The SMILES string of the molecule is CCc1ccc(S(=O)(=O)N(C)CC(N)=O)s1. The number of primary amides is 1. The van der Waals surface area contributed by atoms with E-state index in [1.807, 2.05) is 6.92 Å². The van der Waals surface area contributed by atoms with Crippen LogP contribution >= 0.6 is 11.3 Å². The van der Waals surface area contributed by atoms with Crippen LogP contribution in [-0.2, 0) is 21.2 Å². The average molecular weight is 262 g/mol. The van der Waals surface area contributed by atoms with E-state index in [9.17, 15) is 13.2 Å². The molecule has 0 saturated carbocycles. The maximum Gasteiger partial charge on any atom is 0.252 e. The standard InChI is InChI=1S/C9H14N2O3S2/c1-3-7-4-5-9(15-7)16(13,14)11(2)6-8(10)12/h4-5H,3,6H2,1-2H3,(H2,10,12). The summed E-state index contributed by atoms with van der Waals surface area (Å²) in [5, 5.41) is 0. The lowest BCUT2D eigenvalue weighted by atomic mass is 10.4. The number of hydrogen-bond donors (Lipinski definition) is 1. The van der Waals surface area contributed by atoms with Crippen molar-refractivity contribution in [3.63, 3.8) is 0 Å². The minimum atomic E-state index is -3.57. The highest BCUT2D eigenvalue weighted by molar-refractivity contribution is 7.91. The number of nitrogens with two attached hydrogens (primary N) is 1. The van der Waals surface area contributed by atoms with Gasteiger partial charge in [0.1, 0.15) is 4.21 Å². The molecule has 0 saturated heterocycles. The Bertz CT molecular complexity index is 479. The quantitative estimate of drug-likeness (QED) is 0.835. The van der Waals surface area contributed by atoms with E-state index >= 15 is 0 Å². The van der Waals surface area contributed by atoms with Crippen LogP contribution in [0, 0.1) is 0 Å². The molecule has 0 fully saturated rings. The molecule has 0 atom stereocenters. The minimum absolute atomic E-state index is 0.244. The Balaban J connectivity index is 2.97. The highest BCUT2D eigenvalue weighted by atomic mass is 32.2. The first-order valence-corrected chi connectivity index (χ1v) is 6.97. The summed E-state index contributed by atoms with van der Waals surface area (Å²) in [5.74, 6) is -0.668. The topological polar surface area (TPSA) is 80.5 Å². The Morgan fingerprint density at radius 1 is 1.50 bits per heavy atom. The predicted octanol–water partition coefficient (Wildman–Crippen LogP) is 0.416. The van der Waals surface area contributed by atoms with Crippen LogP contribution < -0.4 is 5.73 Å². The molecule has 0 aliphatic heterocycles. The van der Waals surface area contributed by atoms with Gasteiger partial charge in [-0.25, -0.2) is 8.42 Å². The molecule has 1 amide bonds. The lowest BCUT2D eigenvalue weighted by molar-refractivity contribution is -0.118. The van der Waals surface area contributed by atoms with E-state index in [0.29, 0.717) is 0 Å². The van der Waals surface area contributed by atoms with E-state index < -0.39 is 15.9 Å². The molecule has 7 heteroatoms. The number of rotatable bonds is 5. The maximum atomic E-state index is 11.9. The van der Waals surface area contributed by atoms with Gasteiger partial charge in [-0.1, -0.05) is 6.92 Å². The van der Waals surface area contributed by atoms with Crippen molar-refractivity contribution < 1.29 is 13.2 Å². The summed E-state index contributed by atoms with van der Waals surface area (Å²) in [5.41, 5.74) is 4.96.